The van der Waals surface area contributed by atoms with E-state index in [0.717, 1.165) is 6.42 Å². The number of esters is 2. The van der Waals surface area contributed by atoms with Gasteiger partial charge >= 0.3 is 11.9 Å². The van der Waals surface area contributed by atoms with Crippen LogP contribution in [-0.4, -0.2) is 18.2 Å². The highest BCUT2D eigenvalue weighted by Gasteiger charge is 2.29. The summed E-state index contributed by atoms with van der Waals surface area (Å²) < 4.78 is 9.90. The fourth-order valence-electron chi connectivity index (χ4n) is 1.68. The molecule has 1 fully saturated rings. The first-order valence-corrected chi connectivity index (χ1v) is 4.86. The van der Waals surface area contributed by atoms with Crippen molar-refractivity contribution in [1.82, 2.24) is 0 Å². The largest absolute Gasteiger partial charge is 0.425 e. The van der Waals surface area contributed by atoms with Crippen LogP contribution >= 0.6 is 0 Å². The second-order valence-electron chi connectivity index (χ2n) is 3.95. The van der Waals surface area contributed by atoms with E-state index in [2.05, 4.69) is 0 Å². The highest BCUT2D eigenvalue weighted by Crippen LogP contribution is 2.24. The van der Waals surface area contributed by atoms with Gasteiger partial charge in [0.15, 0.2) is 0 Å². The highest BCUT2D eigenvalue weighted by molar-refractivity contribution is 5.72. The number of carbonyl (C=O) groups is 2. The summed E-state index contributed by atoms with van der Waals surface area (Å²) >= 11 is 0. The molecule has 4 heteroatoms. The maximum absolute atomic E-state index is 11.3. The minimum absolute atomic E-state index is 0.106. The fraction of sp³-hybridized carbons (Fsp3) is 0.800. The molecule has 14 heavy (non-hydrogen) atoms. The zero-order chi connectivity index (χ0) is 10.7. The first-order valence-electron chi connectivity index (χ1n) is 4.86. The molecule has 0 N–H and O–H groups in total. The van der Waals surface area contributed by atoms with Gasteiger partial charge in [0.05, 0.1) is 5.92 Å². The Morgan fingerprint density at radius 2 is 2.07 bits per heavy atom. The van der Waals surface area contributed by atoms with Crippen molar-refractivity contribution in [2.24, 2.45) is 11.8 Å². The number of hydrogen-bond donors (Lipinski definition) is 0. The quantitative estimate of drug-likeness (QED) is 0.602. The molecule has 0 amide bonds. The number of ether oxygens (including phenoxy) is 2. The molecule has 1 saturated heterocycles. The summed E-state index contributed by atoms with van der Waals surface area (Å²) in [6, 6.07) is 0. The van der Waals surface area contributed by atoms with E-state index in [9.17, 15) is 9.59 Å². The third kappa shape index (κ3) is 3.01. The van der Waals surface area contributed by atoms with Crippen molar-refractivity contribution in [2.45, 2.75) is 39.9 Å². The minimum Gasteiger partial charge on any atom is -0.425 e. The zero-order valence-corrected chi connectivity index (χ0v) is 8.78. The van der Waals surface area contributed by atoms with E-state index in [4.69, 9.17) is 9.47 Å². The molecule has 0 spiro atoms. The molecule has 1 aliphatic heterocycles. The van der Waals surface area contributed by atoms with Gasteiger partial charge in [0, 0.05) is 13.3 Å². The van der Waals surface area contributed by atoms with Gasteiger partial charge < -0.3 is 9.47 Å². The van der Waals surface area contributed by atoms with Crippen LogP contribution in [-0.2, 0) is 19.1 Å². The van der Waals surface area contributed by atoms with Gasteiger partial charge in [0.25, 0.3) is 0 Å². The van der Waals surface area contributed by atoms with Crippen molar-refractivity contribution in [3.05, 3.63) is 0 Å². The number of cyclic esters (lactones) is 1. The molecule has 0 radical (unpaired) electrons. The third-order valence-corrected chi connectivity index (χ3v) is 2.30. The van der Waals surface area contributed by atoms with Crippen LogP contribution in [0.25, 0.3) is 0 Å². The van der Waals surface area contributed by atoms with Crippen LogP contribution in [0, 0.1) is 11.8 Å². The predicted octanol–water partition coefficient (Wildman–Crippen LogP) is 1.48. The van der Waals surface area contributed by atoms with E-state index in [1.807, 2.05) is 13.8 Å². The smallest absolute Gasteiger partial charge is 0.311 e. The van der Waals surface area contributed by atoms with Crippen LogP contribution in [0.1, 0.15) is 33.6 Å². The lowest BCUT2D eigenvalue weighted by Gasteiger charge is -2.16. The van der Waals surface area contributed by atoms with Crippen LogP contribution in [0.2, 0.25) is 0 Å². The summed E-state index contributed by atoms with van der Waals surface area (Å²) in [5.41, 5.74) is 0. The van der Waals surface area contributed by atoms with Crippen molar-refractivity contribution in [2.75, 3.05) is 0 Å². The average molecular weight is 200 g/mol. The van der Waals surface area contributed by atoms with Gasteiger partial charge in [-0.1, -0.05) is 13.8 Å². The van der Waals surface area contributed by atoms with Crippen LogP contribution in [0.15, 0.2) is 0 Å². The molecule has 1 aliphatic rings. The molecule has 1 unspecified atom stereocenters. The van der Waals surface area contributed by atoms with Crippen LogP contribution in [0.4, 0.5) is 0 Å². The van der Waals surface area contributed by atoms with Gasteiger partial charge in [-0.2, -0.15) is 0 Å². The Morgan fingerprint density at radius 3 is 2.64 bits per heavy atom. The first-order chi connectivity index (χ1) is 6.49. The van der Waals surface area contributed by atoms with Crippen molar-refractivity contribution in [1.29, 1.82) is 0 Å². The Hall–Kier alpha value is -1.06. The van der Waals surface area contributed by atoms with Gasteiger partial charge in [-0.3, -0.25) is 9.59 Å². The summed E-state index contributed by atoms with van der Waals surface area (Å²) in [6.45, 7) is 5.16. The lowest BCUT2D eigenvalue weighted by molar-refractivity contribution is -0.187. The molecule has 0 aromatic heterocycles. The molecular weight excluding hydrogens is 184 g/mol. The van der Waals surface area contributed by atoms with Crippen molar-refractivity contribution in [3.63, 3.8) is 0 Å². The van der Waals surface area contributed by atoms with E-state index >= 15 is 0 Å². The Bertz CT molecular complexity index is 236. The molecule has 80 valence electrons. The van der Waals surface area contributed by atoms with Gasteiger partial charge in [0.2, 0.25) is 6.29 Å². The van der Waals surface area contributed by atoms with Crippen LogP contribution in [0.3, 0.4) is 0 Å². The topological polar surface area (TPSA) is 52.6 Å². The zero-order valence-electron chi connectivity index (χ0n) is 8.78. The summed E-state index contributed by atoms with van der Waals surface area (Å²) in [6.07, 6.45) is 0.687. The Kier molecular flexibility index (Phi) is 3.49. The number of rotatable bonds is 1. The molecule has 1 rings (SSSR count). The normalized spacial score (nSPS) is 33.1. The summed E-state index contributed by atoms with van der Waals surface area (Å²) in [5.74, 6) is -0.462. The van der Waals surface area contributed by atoms with Gasteiger partial charge in [-0.05, 0) is 12.3 Å². The molecule has 0 saturated carbocycles. The van der Waals surface area contributed by atoms with Crippen molar-refractivity contribution >= 4 is 11.9 Å². The van der Waals surface area contributed by atoms with E-state index in [1.54, 1.807) is 0 Å². The maximum atomic E-state index is 11.3. The maximum Gasteiger partial charge on any atom is 0.311 e. The number of carbonyl (C=O) groups excluding carboxylic acids is 2. The van der Waals surface area contributed by atoms with Gasteiger partial charge in [-0.25, -0.2) is 0 Å². The fourth-order valence-corrected chi connectivity index (χ4v) is 1.68. The Balaban J connectivity index is 2.60. The second kappa shape index (κ2) is 4.44. The average Bonchev–Trinajstić information content (AvgIpc) is 2.10. The second-order valence-corrected chi connectivity index (χ2v) is 3.95. The van der Waals surface area contributed by atoms with Gasteiger partial charge in [-0.15, -0.1) is 0 Å². The van der Waals surface area contributed by atoms with E-state index in [0.29, 0.717) is 12.3 Å². The van der Waals surface area contributed by atoms with Crippen molar-refractivity contribution in [3.8, 4) is 0 Å². The first kappa shape index (κ1) is 11.0. The molecule has 4 nitrogen and oxygen atoms in total. The lowest BCUT2D eigenvalue weighted by Crippen LogP contribution is -2.23. The molecule has 0 bridgehead atoms. The van der Waals surface area contributed by atoms with E-state index in [-0.39, 0.29) is 11.9 Å². The highest BCUT2D eigenvalue weighted by atomic mass is 16.7. The Labute approximate surface area is 83.6 Å². The molecule has 3 atom stereocenters. The SMILES string of the molecule is CC(=O)OC1C[C@@H](C)C[C@@H](C)C(=O)O1. The van der Waals surface area contributed by atoms with Crippen LogP contribution in [0.5, 0.6) is 0 Å². The molecule has 1 heterocycles. The summed E-state index contributed by atoms with van der Waals surface area (Å²) in [7, 11) is 0. The third-order valence-electron chi connectivity index (χ3n) is 2.30. The van der Waals surface area contributed by atoms with E-state index < -0.39 is 12.3 Å². The predicted molar refractivity (Wildman–Crippen MR) is 49.2 cm³/mol. The number of hydrogen-bond acceptors (Lipinski definition) is 4. The van der Waals surface area contributed by atoms with Crippen LogP contribution < -0.4 is 0 Å². The van der Waals surface area contributed by atoms with E-state index in [1.165, 1.54) is 6.92 Å². The lowest BCUT2D eigenvalue weighted by atomic mass is 9.96. The molecular formula is C10H16O4. The molecule has 0 aromatic rings. The van der Waals surface area contributed by atoms with Gasteiger partial charge in [0.1, 0.15) is 0 Å². The summed E-state index contributed by atoms with van der Waals surface area (Å²) in [4.78, 5) is 22.0. The monoisotopic (exact) mass is 200 g/mol. The molecule has 0 aliphatic carbocycles. The van der Waals surface area contributed by atoms with Crippen molar-refractivity contribution < 1.29 is 19.1 Å². The molecule has 0 aromatic carbocycles. The minimum atomic E-state index is -0.694. The standard InChI is InChI=1S/C10H16O4/c1-6-4-7(2)10(12)14-9(5-6)13-8(3)11/h6-7,9H,4-5H2,1-3H3/t6-,7+,9?/m0/s1. The summed E-state index contributed by atoms with van der Waals surface area (Å²) in [5, 5.41) is 0. The Morgan fingerprint density at radius 1 is 1.43 bits per heavy atom.